The number of rotatable bonds is 4. The fourth-order valence-corrected chi connectivity index (χ4v) is 1.58. The molecule has 14 heavy (non-hydrogen) atoms. The average Bonchev–Trinajstić information content (AvgIpc) is 2.16. The van der Waals surface area contributed by atoms with Gasteiger partial charge in [0.25, 0.3) is 0 Å². The number of halogens is 1. The molecule has 1 aromatic rings. The van der Waals surface area contributed by atoms with Crippen LogP contribution >= 0.6 is 22.6 Å². The first kappa shape index (κ1) is 11.6. The second-order valence-electron chi connectivity index (χ2n) is 3.17. The second-order valence-corrected chi connectivity index (χ2v) is 4.42. The molecule has 1 unspecified atom stereocenters. The van der Waals surface area contributed by atoms with Crippen molar-refractivity contribution in [2.75, 3.05) is 17.6 Å². The number of aliphatic hydroxyl groups is 1. The standard InChI is InChI=1S/C10H15IN2O/c1-2-8(14)6-13-10-4-3-7(11)5-9(10)12/h3-5,8,13-14H,2,6,12H2,1H3. The zero-order valence-corrected chi connectivity index (χ0v) is 10.3. The van der Waals surface area contributed by atoms with Gasteiger partial charge in [-0.2, -0.15) is 0 Å². The summed E-state index contributed by atoms with van der Waals surface area (Å²) >= 11 is 2.21. The number of aliphatic hydroxyl groups excluding tert-OH is 1. The summed E-state index contributed by atoms with van der Waals surface area (Å²) in [6.07, 6.45) is 0.436. The van der Waals surface area contributed by atoms with Gasteiger partial charge in [0.05, 0.1) is 17.5 Å². The maximum Gasteiger partial charge on any atom is 0.0709 e. The van der Waals surface area contributed by atoms with Gasteiger partial charge in [-0.3, -0.25) is 0 Å². The van der Waals surface area contributed by atoms with Crippen LogP contribution < -0.4 is 11.1 Å². The van der Waals surface area contributed by atoms with E-state index in [0.29, 0.717) is 6.54 Å². The molecule has 0 saturated carbocycles. The third kappa shape index (κ3) is 3.34. The van der Waals surface area contributed by atoms with Crippen LogP contribution in [0.25, 0.3) is 0 Å². The zero-order chi connectivity index (χ0) is 10.6. The summed E-state index contributed by atoms with van der Waals surface area (Å²) < 4.78 is 1.11. The number of hydrogen-bond donors (Lipinski definition) is 3. The monoisotopic (exact) mass is 306 g/mol. The van der Waals surface area contributed by atoms with Crippen molar-refractivity contribution in [3.8, 4) is 0 Å². The average molecular weight is 306 g/mol. The smallest absolute Gasteiger partial charge is 0.0709 e. The van der Waals surface area contributed by atoms with Crippen LogP contribution in [0.5, 0.6) is 0 Å². The summed E-state index contributed by atoms with van der Waals surface area (Å²) in [5.41, 5.74) is 7.41. The van der Waals surface area contributed by atoms with Crippen molar-refractivity contribution < 1.29 is 5.11 Å². The van der Waals surface area contributed by atoms with Crippen LogP contribution in [0, 0.1) is 3.57 Å². The lowest BCUT2D eigenvalue weighted by molar-refractivity contribution is 0.183. The van der Waals surface area contributed by atoms with Crippen LogP contribution in [-0.4, -0.2) is 17.8 Å². The van der Waals surface area contributed by atoms with Gasteiger partial charge >= 0.3 is 0 Å². The van der Waals surface area contributed by atoms with Gasteiger partial charge in [-0.1, -0.05) is 6.92 Å². The van der Waals surface area contributed by atoms with E-state index in [0.717, 1.165) is 21.4 Å². The number of benzene rings is 1. The molecule has 78 valence electrons. The number of nitrogens with one attached hydrogen (secondary N) is 1. The SMILES string of the molecule is CCC(O)CNc1ccc(I)cc1N. The highest BCUT2D eigenvalue weighted by molar-refractivity contribution is 14.1. The van der Waals surface area contributed by atoms with E-state index in [4.69, 9.17) is 5.73 Å². The van der Waals surface area contributed by atoms with E-state index in [1.807, 2.05) is 25.1 Å². The molecule has 3 nitrogen and oxygen atoms in total. The molecule has 0 aromatic heterocycles. The Morgan fingerprint density at radius 1 is 1.57 bits per heavy atom. The molecule has 0 fully saturated rings. The first-order valence-electron chi connectivity index (χ1n) is 4.60. The van der Waals surface area contributed by atoms with Crippen LogP contribution in [0.3, 0.4) is 0 Å². The van der Waals surface area contributed by atoms with Gasteiger partial charge in [0.1, 0.15) is 0 Å². The van der Waals surface area contributed by atoms with Crippen molar-refractivity contribution in [1.29, 1.82) is 0 Å². The normalized spacial score (nSPS) is 12.5. The molecule has 0 aliphatic rings. The molecule has 1 atom stereocenters. The summed E-state index contributed by atoms with van der Waals surface area (Å²) in [4.78, 5) is 0. The molecular formula is C10H15IN2O. The minimum Gasteiger partial charge on any atom is -0.397 e. The Kier molecular flexibility index (Phi) is 4.47. The van der Waals surface area contributed by atoms with Crippen molar-refractivity contribution in [3.05, 3.63) is 21.8 Å². The van der Waals surface area contributed by atoms with E-state index < -0.39 is 0 Å². The Balaban J connectivity index is 2.59. The molecule has 4 heteroatoms. The first-order valence-corrected chi connectivity index (χ1v) is 5.68. The second kappa shape index (κ2) is 5.41. The van der Waals surface area contributed by atoms with Gasteiger partial charge in [0, 0.05) is 10.1 Å². The van der Waals surface area contributed by atoms with Crippen LogP contribution in [0.2, 0.25) is 0 Å². The molecule has 0 radical (unpaired) electrons. The van der Waals surface area contributed by atoms with Gasteiger partial charge < -0.3 is 16.2 Å². The summed E-state index contributed by atoms with van der Waals surface area (Å²) in [5.74, 6) is 0. The molecule has 0 amide bonds. The van der Waals surface area contributed by atoms with Gasteiger partial charge in [-0.15, -0.1) is 0 Å². The molecule has 0 heterocycles. The van der Waals surface area contributed by atoms with Crippen molar-refractivity contribution in [1.82, 2.24) is 0 Å². The van der Waals surface area contributed by atoms with E-state index >= 15 is 0 Å². The lowest BCUT2D eigenvalue weighted by atomic mass is 10.2. The topological polar surface area (TPSA) is 58.3 Å². The lowest BCUT2D eigenvalue weighted by Crippen LogP contribution is -2.18. The number of anilines is 2. The summed E-state index contributed by atoms with van der Waals surface area (Å²) in [7, 11) is 0. The van der Waals surface area contributed by atoms with Crippen molar-refractivity contribution in [2.45, 2.75) is 19.4 Å². The maximum atomic E-state index is 9.36. The van der Waals surface area contributed by atoms with Crippen LogP contribution in [-0.2, 0) is 0 Å². The van der Waals surface area contributed by atoms with Crippen LogP contribution in [0.4, 0.5) is 11.4 Å². The highest BCUT2D eigenvalue weighted by Gasteiger charge is 2.02. The highest BCUT2D eigenvalue weighted by atomic mass is 127. The van der Waals surface area contributed by atoms with Crippen LogP contribution in [0.15, 0.2) is 18.2 Å². The fourth-order valence-electron chi connectivity index (χ4n) is 1.07. The Morgan fingerprint density at radius 3 is 2.86 bits per heavy atom. The van der Waals surface area contributed by atoms with Crippen molar-refractivity contribution in [2.24, 2.45) is 0 Å². The van der Waals surface area contributed by atoms with Crippen LogP contribution in [0.1, 0.15) is 13.3 Å². The van der Waals surface area contributed by atoms with E-state index in [9.17, 15) is 5.11 Å². The molecular weight excluding hydrogens is 291 g/mol. The molecule has 0 bridgehead atoms. The predicted molar refractivity (Wildman–Crippen MR) is 68.4 cm³/mol. The van der Waals surface area contributed by atoms with E-state index in [1.165, 1.54) is 0 Å². The van der Waals surface area contributed by atoms with Gasteiger partial charge in [-0.25, -0.2) is 0 Å². The Bertz CT molecular complexity index is 304. The van der Waals surface area contributed by atoms with Crippen molar-refractivity contribution >= 4 is 34.0 Å². The minimum atomic E-state index is -0.311. The third-order valence-electron chi connectivity index (χ3n) is 2.01. The molecule has 0 aliphatic heterocycles. The molecule has 0 spiro atoms. The number of hydrogen-bond acceptors (Lipinski definition) is 3. The molecule has 0 saturated heterocycles. The molecule has 1 rings (SSSR count). The number of nitrogen functional groups attached to an aromatic ring is 1. The highest BCUT2D eigenvalue weighted by Crippen LogP contribution is 2.20. The Hall–Kier alpha value is -0.490. The minimum absolute atomic E-state index is 0.311. The molecule has 1 aromatic carbocycles. The van der Waals surface area contributed by atoms with E-state index in [2.05, 4.69) is 27.9 Å². The third-order valence-corrected chi connectivity index (χ3v) is 2.68. The molecule has 4 N–H and O–H groups in total. The predicted octanol–water partition coefficient (Wildman–Crippen LogP) is 2.06. The summed E-state index contributed by atoms with van der Waals surface area (Å²) in [6.45, 7) is 2.49. The first-order chi connectivity index (χ1) is 6.63. The van der Waals surface area contributed by atoms with Crippen molar-refractivity contribution in [3.63, 3.8) is 0 Å². The Labute approximate surface area is 97.8 Å². The molecule has 0 aliphatic carbocycles. The Morgan fingerprint density at radius 2 is 2.29 bits per heavy atom. The van der Waals surface area contributed by atoms with E-state index in [1.54, 1.807) is 0 Å². The summed E-state index contributed by atoms with van der Waals surface area (Å²) in [6, 6.07) is 5.82. The fraction of sp³-hybridized carbons (Fsp3) is 0.400. The van der Waals surface area contributed by atoms with Gasteiger partial charge in [0.2, 0.25) is 0 Å². The largest absolute Gasteiger partial charge is 0.397 e. The van der Waals surface area contributed by atoms with Gasteiger partial charge in [-0.05, 0) is 47.2 Å². The zero-order valence-electron chi connectivity index (χ0n) is 8.13. The number of nitrogens with two attached hydrogens (primary N) is 1. The quantitative estimate of drug-likeness (QED) is 0.589. The van der Waals surface area contributed by atoms with E-state index in [-0.39, 0.29) is 6.10 Å². The van der Waals surface area contributed by atoms with Gasteiger partial charge in [0.15, 0.2) is 0 Å². The maximum absolute atomic E-state index is 9.36. The summed E-state index contributed by atoms with van der Waals surface area (Å²) in [5, 5.41) is 12.5. The lowest BCUT2D eigenvalue weighted by Gasteiger charge is -2.12.